The number of halogens is 2. The predicted molar refractivity (Wildman–Crippen MR) is 124 cm³/mol. The Morgan fingerprint density at radius 2 is 1.89 bits per heavy atom. The van der Waals surface area contributed by atoms with Crippen LogP contribution in [0.4, 0.5) is 19.3 Å². The lowest BCUT2D eigenvalue weighted by Gasteiger charge is -2.27. The molecule has 1 aromatic rings. The number of nitrogens with zero attached hydrogens (tertiary/aromatic N) is 2. The van der Waals surface area contributed by atoms with Crippen molar-refractivity contribution < 1.29 is 46.2 Å². The lowest BCUT2D eigenvalue weighted by Crippen LogP contribution is -2.43. The summed E-state index contributed by atoms with van der Waals surface area (Å²) in [7, 11) is -2.80. The summed E-state index contributed by atoms with van der Waals surface area (Å²) in [6, 6.07) is 1.17. The second kappa shape index (κ2) is 10.4. The molecule has 2 fully saturated rings. The number of rotatable bonds is 8. The molecular weight excluding hydrogens is 502 g/mol. The van der Waals surface area contributed by atoms with Crippen LogP contribution in [0, 0.1) is 5.92 Å². The molecule has 3 rings (SSSR count). The summed E-state index contributed by atoms with van der Waals surface area (Å²) in [5, 5.41) is 11.4. The third-order valence-corrected chi connectivity index (χ3v) is 7.11. The number of ether oxygens (including phenoxy) is 3. The number of sulfone groups is 1. The molecule has 1 aliphatic carbocycles. The summed E-state index contributed by atoms with van der Waals surface area (Å²) in [5.41, 5.74) is -0.825. The van der Waals surface area contributed by atoms with Gasteiger partial charge in [0, 0.05) is 31.3 Å². The molecule has 1 amide bonds. The van der Waals surface area contributed by atoms with Crippen LogP contribution in [0.2, 0.25) is 0 Å². The molecule has 36 heavy (non-hydrogen) atoms. The Morgan fingerprint density at radius 1 is 1.25 bits per heavy atom. The number of benzene rings is 1. The minimum atomic E-state index is -3.97. The van der Waals surface area contributed by atoms with Gasteiger partial charge in [0.15, 0.2) is 15.6 Å². The summed E-state index contributed by atoms with van der Waals surface area (Å²) in [4.78, 5) is 26.2. The zero-order chi connectivity index (χ0) is 27.0. The highest BCUT2D eigenvalue weighted by Gasteiger charge is 2.44. The van der Waals surface area contributed by atoms with E-state index in [0.717, 1.165) is 35.1 Å². The third kappa shape index (κ3) is 6.75. The fourth-order valence-electron chi connectivity index (χ4n) is 4.18. The van der Waals surface area contributed by atoms with E-state index in [9.17, 15) is 32.0 Å². The first-order valence-electron chi connectivity index (χ1n) is 11.5. The van der Waals surface area contributed by atoms with Crippen molar-refractivity contribution in [3.05, 3.63) is 17.7 Å². The van der Waals surface area contributed by atoms with Crippen LogP contribution >= 0.6 is 0 Å². The number of carbonyl (C=O) groups is 2. The van der Waals surface area contributed by atoms with Gasteiger partial charge in [-0.05, 0) is 57.6 Å². The Kier molecular flexibility index (Phi) is 8.04. The van der Waals surface area contributed by atoms with E-state index in [-0.39, 0.29) is 41.6 Å². The first kappa shape index (κ1) is 27.9. The van der Waals surface area contributed by atoms with Gasteiger partial charge in [-0.1, -0.05) is 0 Å². The molecule has 0 spiro atoms. The van der Waals surface area contributed by atoms with Gasteiger partial charge in [0.1, 0.15) is 17.3 Å². The van der Waals surface area contributed by atoms with Crippen molar-refractivity contribution in [3.8, 4) is 5.75 Å². The maximum absolute atomic E-state index is 13.1. The van der Waals surface area contributed by atoms with Gasteiger partial charge in [0.05, 0.1) is 12.0 Å². The van der Waals surface area contributed by atoms with E-state index in [1.807, 2.05) is 0 Å². The van der Waals surface area contributed by atoms with Crippen LogP contribution in [0.5, 0.6) is 5.75 Å². The highest BCUT2D eigenvalue weighted by molar-refractivity contribution is 7.90. The summed E-state index contributed by atoms with van der Waals surface area (Å²) in [6.07, 6.45) is 1.86. The van der Waals surface area contributed by atoms with E-state index in [1.54, 1.807) is 20.8 Å². The molecule has 202 valence electrons. The number of carbonyl (C=O) groups excluding carboxylic acids is 2. The van der Waals surface area contributed by atoms with Crippen LogP contribution < -0.4 is 9.80 Å². The third-order valence-electron chi connectivity index (χ3n) is 5.96. The van der Waals surface area contributed by atoms with Gasteiger partial charge in [0.25, 0.3) is 0 Å². The molecule has 13 heteroatoms. The quantitative estimate of drug-likeness (QED) is 0.394. The zero-order valence-electron chi connectivity index (χ0n) is 20.9. The van der Waals surface area contributed by atoms with E-state index < -0.39 is 51.8 Å². The minimum Gasteiger partial charge on any atom is -0.467 e. The molecule has 1 saturated carbocycles. The maximum Gasteiger partial charge on any atom is 0.411 e. The van der Waals surface area contributed by atoms with Gasteiger partial charge in [-0.3, -0.25) is 15.2 Å². The standard InChI is InChI=1S/C23H32F2N2O8S/c1-23(2,3)35-22(29)26-12-14(8-17(26)20(28)33-4)15-9-16(27(30)11-13-6-7-13)18(34-21(24)25)10-19(15)36(5,31)32/h9-10,13-14,17,21,30H,6-8,11-12H2,1-5H3/t14?,17-/m1/s1. The van der Waals surface area contributed by atoms with E-state index >= 15 is 0 Å². The van der Waals surface area contributed by atoms with Gasteiger partial charge >= 0.3 is 18.7 Å². The normalized spacial score (nSPS) is 20.4. The maximum atomic E-state index is 13.1. The van der Waals surface area contributed by atoms with Gasteiger partial charge < -0.3 is 14.2 Å². The monoisotopic (exact) mass is 534 g/mol. The van der Waals surface area contributed by atoms with Crippen molar-refractivity contribution in [1.29, 1.82) is 0 Å². The molecule has 10 nitrogen and oxygen atoms in total. The van der Waals surface area contributed by atoms with E-state index in [4.69, 9.17) is 9.47 Å². The minimum absolute atomic E-state index is 0.00300. The second-order valence-corrected chi connectivity index (χ2v) is 12.1. The number of hydrogen-bond acceptors (Lipinski definition) is 9. The van der Waals surface area contributed by atoms with Crippen LogP contribution in [0.15, 0.2) is 17.0 Å². The number of hydroxylamine groups is 1. The molecule has 1 saturated heterocycles. The van der Waals surface area contributed by atoms with Crippen molar-refractivity contribution in [2.75, 3.05) is 31.5 Å². The van der Waals surface area contributed by atoms with Gasteiger partial charge in [-0.15, -0.1) is 0 Å². The Morgan fingerprint density at radius 3 is 2.39 bits per heavy atom. The van der Waals surface area contributed by atoms with Crippen LogP contribution in [-0.4, -0.2) is 75.3 Å². The molecule has 1 unspecified atom stereocenters. The Labute approximate surface area is 209 Å². The Hall–Kier alpha value is -2.67. The number of anilines is 1. The van der Waals surface area contributed by atoms with E-state index in [1.165, 1.54) is 13.2 Å². The molecule has 1 aliphatic heterocycles. The van der Waals surface area contributed by atoms with Crippen LogP contribution in [0.3, 0.4) is 0 Å². The van der Waals surface area contributed by atoms with Crippen molar-refractivity contribution in [2.45, 2.75) is 69.1 Å². The highest BCUT2D eigenvalue weighted by atomic mass is 32.2. The molecule has 0 radical (unpaired) electrons. The SMILES string of the molecule is COC(=O)[C@H]1CC(c2cc(N(O)CC3CC3)c(OC(F)F)cc2S(C)(=O)=O)CN1C(=O)OC(C)(C)C. The number of amides is 1. The van der Waals surface area contributed by atoms with E-state index in [0.29, 0.717) is 0 Å². The van der Waals surface area contributed by atoms with Crippen molar-refractivity contribution >= 4 is 27.6 Å². The van der Waals surface area contributed by atoms with Crippen LogP contribution in [0.1, 0.15) is 51.5 Å². The van der Waals surface area contributed by atoms with Gasteiger partial charge in [0.2, 0.25) is 0 Å². The first-order valence-corrected chi connectivity index (χ1v) is 13.4. The lowest BCUT2D eigenvalue weighted by molar-refractivity contribution is -0.145. The lowest BCUT2D eigenvalue weighted by atomic mass is 9.95. The molecule has 1 N–H and O–H groups in total. The van der Waals surface area contributed by atoms with Crippen molar-refractivity contribution in [1.82, 2.24) is 4.90 Å². The first-order chi connectivity index (χ1) is 16.6. The zero-order valence-corrected chi connectivity index (χ0v) is 21.7. The highest BCUT2D eigenvalue weighted by Crippen LogP contribution is 2.43. The summed E-state index contributed by atoms with van der Waals surface area (Å²) in [5.74, 6) is -1.74. The molecular formula is C23H32F2N2O8S. The number of alkyl halides is 2. The number of likely N-dealkylation sites (tertiary alicyclic amines) is 1. The Balaban J connectivity index is 2.08. The van der Waals surface area contributed by atoms with Gasteiger partial charge in [-0.25, -0.2) is 18.0 Å². The summed E-state index contributed by atoms with van der Waals surface area (Å²) < 4.78 is 66.4. The molecule has 2 atom stereocenters. The number of esters is 1. The average Bonchev–Trinajstić information content (AvgIpc) is 3.44. The summed E-state index contributed by atoms with van der Waals surface area (Å²) in [6.45, 7) is 1.79. The molecule has 0 aromatic heterocycles. The fraction of sp³-hybridized carbons (Fsp3) is 0.652. The van der Waals surface area contributed by atoms with E-state index in [2.05, 4.69) is 4.74 Å². The average molecular weight is 535 g/mol. The van der Waals surface area contributed by atoms with Crippen LogP contribution in [-0.2, 0) is 24.1 Å². The number of hydrogen-bond donors (Lipinski definition) is 1. The van der Waals surface area contributed by atoms with Gasteiger partial charge in [-0.2, -0.15) is 8.78 Å². The van der Waals surface area contributed by atoms with Crippen LogP contribution in [0.25, 0.3) is 0 Å². The van der Waals surface area contributed by atoms with Crippen molar-refractivity contribution in [2.24, 2.45) is 5.92 Å². The topological polar surface area (TPSA) is 123 Å². The van der Waals surface area contributed by atoms with Crippen molar-refractivity contribution in [3.63, 3.8) is 0 Å². The molecule has 1 heterocycles. The number of methoxy groups -OCH3 is 1. The smallest absolute Gasteiger partial charge is 0.411 e. The molecule has 1 aromatic carbocycles. The second-order valence-electron chi connectivity index (χ2n) is 10.1. The molecule has 0 bridgehead atoms. The largest absolute Gasteiger partial charge is 0.467 e. The predicted octanol–water partition coefficient (Wildman–Crippen LogP) is 3.56. The Bertz CT molecular complexity index is 1100. The molecule has 2 aliphatic rings. The fourth-order valence-corrected chi connectivity index (χ4v) is 5.16. The summed E-state index contributed by atoms with van der Waals surface area (Å²) >= 11 is 0.